The molecular weight excluding hydrogens is 627 g/mol. The Morgan fingerprint density at radius 3 is 2.07 bits per heavy atom. The van der Waals surface area contributed by atoms with E-state index in [1.165, 1.54) is 13.8 Å². The molecule has 1 fully saturated rings. The highest BCUT2D eigenvalue weighted by molar-refractivity contribution is 7.44. The second kappa shape index (κ2) is 21.8. The lowest BCUT2D eigenvalue weighted by Gasteiger charge is -2.44. The molecule has 262 valence electrons. The molecule has 2 N–H and O–H groups in total. The summed E-state index contributed by atoms with van der Waals surface area (Å²) >= 11 is 0. The van der Waals surface area contributed by atoms with E-state index >= 15 is 0 Å². The molecule has 1 aliphatic rings. The van der Waals surface area contributed by atoms with E-state index in [1.54, 1.807) is 0 Å². The van der Waals surface area contributed by atoms with Gasteiger partial charge in [-0.25, -0.2) is 14.8 Å². The van der Waals surface area contributed by atoms with Crippen LogP contribution in [0, 0.1) is 11.3 Å². The van der Waals surface area contributed by atoms with Gasteiger partial charge >= 0.3 is 17.9 Å². The van der Waals surface area contributed by atoms with Crippen LogP contribution in [-0.4, -0.2) is 96.9 Å². The summed E-state index contributed by atoms with van der Waals surface area (Å²) in [4.78, 5) is 59.9. The maximum Gasteiger partial charge on any atom is 0.303 e. The van der Waals surface area contributed by atoms with Crippen LogP contribution in [0.1, 0.15) is 87.5 Å². The zero-order chi connectivity index (χ0) is 34.8. The van der Waals surface area contributed by atoms with E-state index in [-0.39, 0.29) is 50.7 Å². The number of amides is 2. The molecule has 0 spiro atoms. The Labute approximate surface area is 271 Å². The van der Waals surface area contributed by atoms with Gasteiger partial charge in [0.1, 0.15) is 18.8 Å². The van der Waals surface area contributed by atoms with Gasteiger partial charge in [0.25, 0.3) is 8.53 Å². The average molecular weight is 677 g/mol. The topological polar surface area (TPSA) is 201 Å². The van der Waals surface area contributed by atoms with E-state index in [9.17, 15) is 24.0 Å². The van der Waals surface area contributed by atoms with Gasteiger partial charge in [-0.3, -0.25) is 24.0 Å². The van der Waals surface area contributed by atoms with Crippen LogP contribution in [0.3, 0.4) is 0 Å². The van der Waals surface area contributed by atoms with Gasteiger partial charge in [-0.1, -0.05) is 6.42 Å². The number of nitriles is 1. The van der Waals surface area contributed by atoms with E-state index < -0.39 is 63.0 Å². The monoisotopic (exact) mass is 676 g/mol. The molecule has 1 rings (SSSR count). The predicted molar refractivity (Wildman–Crippen MR) is 163 cm³/mol. The molecule has 0 radical (unpaired) electrons. The summed E-state index contributed by atoms with van der Waals surface area (Å²) < 4.78 is 41.2. The Morgan fingerprint density at radius 2 is 1.52 bits per heavy atom. The molecule has 16 nitrogen and oxygen atoms in total. The van der Waals surface area contributed by atoms with Crippen LogP contribution in [0.4, 0.5) is 0 Å². The third-order valence-corrected chi connectivity index (χ3v) is 8.25. The maximum atomic E-state index is 12.5. The van der Waals surface area contributed by atoms with Crippen LogP contribution in [-0.2, 0) is 56.8 Å². The summed E-state index contributed by atoms with van der Waals surface area (Å²) in [6.07, 6.45) is -2.66. The normalized spacial score (nSPS) is 21.7. The maximum absolute atomic E-state index is 12.5. The van der Waals surface area contributed by atoms with Crippen molar-refractivity contribution in [1.82, 2.24) is 15.5 Å². The lowest BCUT2D eigenvalue weighted by molar-refractivity contribution is -0.277. The first-order valence-electron chi connectivity index (χ1n) is 15.2. The molecule has 0 aromatic heterocycles. The third-order valence-electron chi connectivity index (χ3n) is 6.30. The van der Waals surface area contributed by atoms with Gasteiger partial charge in [0.05, 0.1) is 19.1 Å². The molecule has 6 atom stereocenters. The van der Waals surface area contributed by atoms with E-state index in [1.807, 2.05) is 38.4 Å². The van der Waals surface area contributed by atoms with Crippen molar-refractivity contribution in [3.8, 4) is 6.07 Å². The molecule has 17 heteroatoms. The fraction of sp³-hybridized carbons (Fsp3) is 0.793. The highest BCUT2D eigenvalue weighted by atomic mass is 31.2. The minimum absolute atomic E-state index is 0.0808. The fourth-order valence-corrected chi connectivity index (χ4v) is 6.08. The summed E-state index contributed by atoms with van der Waals surface area (Å²) in [5.74, 6) is -2.81. The number of carbonyl (C=O) groups is 5. The summed E-state index contributed by atoms with van der Waals surface area (Å²) in [6, 6.07) is 1.13. The van der Waals surface area contributed by atoms with Crippen molar-refractivity contribution >= 4 is 38.2 Å². The second-order valence-corrected chi connectivity index (χ2v) is 12.4. The Morgan fingerprint density at radius 1 is 0.891 bits per heavy atom. The van der Waals surface area contributed by atoms with Gasteiger partial charge in [0, 0.05) is 52.8 Å². The van der Waals surface area contributed by atoms with Crippen LogP contribution < -0.4 is 10.8 Å². The highest BCUT2D eigenvalue weighted by Gasteiger charge is 2.51. The number of hydrogen-bond donors (Lipinski definition) is 2. The number of carbonyl (C=O) groups excluding carboxylic acids is 5. The summed E-state index contributed by atoms with van der Waals surface area (Å²) in [7, 11) is -1.62. The largest absolute Gasteiger partial charge is 0.463 e. The molecular formula is C29H49N4O12P. The average Bonchev–Trinajstić information content (AvgIpc) is 2.94. The SMILES string of the molecule is CC(=O)NC1C(OCCCCCC(=O)NOP(OCCC#N)N(C(C)C)C(C)C)OC(COC(C)=O)C(OC(C)=O)C1OC(C)=O. The number of rotatable bonds is 20. The highest BCUT2D eigenvalue weighted by Crippen LogP contribution is 2.45. The number of hydrogen-bond acceptors (Lipinski definition) is 14. The van der Waals surface area contributed by atoms with Gasteiger partial charge < -0.3 is 33.5 Å². The molecule has 1 aliphatic heterocycles. The first-order chi connectivity index (χ1) is 21.7. The van der Waals surface area contributed by atoms with Gasteiger partial charge in [-0.05, 0) is 40.5 Å². The molecule has 46 heavy (non-hydrogen) atoms. The molecule has 0 saturated carbocycles. The molecule has 0 aromatic carbocycles. The van der Waals surface area contributed by atoms with Gasteiger partial charge in [0.2, 0.25) is 11.8 Å². The van der Waals surface area contributed by atoms with E-state index in [0.29, 0.717) is 19.3 Å². The number of ether oxygens (including phenoxy) is 5. The van der Waals surface area contributed by atoms with Gasteiger partial charge in [-0.2, -0.15) is 5.26 Å². The predicted octanol–water partition coefficient (Wildman–Crippen LogP) is 2.54. The van der Waals surface area contributed by atoms with Crippen molar-refractivity contribution in [2.75, 3.05) is 19.8 Å². The minimum Gasteiger partial charge on any atom is -0.463 e. The Kier molecular flexibility index (Phi) is 19.5. The molecule has 1 heterocycles. The lowest BCUT2D eigenvalue weighted by Crippen LogP contribution is -2.66. The van der Waals surface area contributed by atoms with Crippen molar-refractivity contribution in [3.05, 3.63) is 0 Å². The quantitative estimate of drug-likeness (QED) is 0.0626. The molecule has 2 amide bonds. The van der Waals surface area contributed by atoms with E-state index in [2.05, 4.69) is 10.8 Å². The zero-order valence-electron chi connectivity index (χ0n) is 27.9. The van der Waals surface area contributed by atoms with Crippen LogP contribution >= 0.6 is 8.53 Å². The Balaban J connectivity index is 2.78. The van der Waals surface area contributed by atoms with Gasteiger partial charge in [0.15, 0.2) is 18.5 Å². The zero-order valence-corrected chi connectivity index (χ0v) is 28.8. The van der Waals surface area contributed by atoms with Crippen molar-refractivity contribution in [2.24, 2.45) is 0 Å². The summed E-state index contributed by atoms with van der Waals surface area (Å²) in [5, 5.41) is 11.5. The molecule has 0 aliphatic carbocycles. The number of hydroxylamine groups is 1. The number of esters is 3. The Hall–Kier alpha value is -2.93. The van der Waals surface area contributed by atoms with Crippen molar-refractivity contribution in [3.63, 3.8) is 0 Å². The first-order valence-corrected chi connectivity index (χ1v) is 16.4. The molecule has 1 saturated heterocycles. The Bertz CT molecular complexity index is 1030. The second-order valence-electron chi connectivity index (χ2n) is 11.1. The first kappa shape index (κ1) is 41.1. The van der Waals surface area contributed by atoms with Crippen LogP contribution in [0.15, 0.2) is 0 Å². The fourth-order valence-electron chi connectivity index (χ4n) is 4.62. The third kappa shape index (κ3) is 15.6. The molecule has 0 aromatic rings. The number of nitrogens with one attached hydrogen (secondary N) is 2. The smallest absolute Gasteiger partial charge is 0.303 e. The molecule has 0 bridgehead atoms. The van der Waals surface area contributed by atoms with Crippen molar-refractivity contribution < 1.29 is 56.8 Å². The van der Waals surface area contributed by atoms with Crippen LogP contribution in [0.2, 0.25) is 0 Å². The van der Waals surface area contributed by atoms with Crippen LogP contribution in [0.5, 0.6) is 0 Å². The van der Waals surface area contributed by atoms with Crippen molar-refractivity contribution in [2.45, 2.75) is 130 Å². The van der Waals surface area contributed by atoms with Crippen molar-refractivity contribution in [1.29, 1.82) is 5.26 Å². The molecule has 6 unspecified atom stereocenters. The summed E-state index contributed by atoms with van der Waals surface area (Å²) in [5.41, 5.74) is 2.46. The summed E-state index contributed by atoms with van der Waals surface area (Å²) in [6.45, 7) is 12.7. The number of nitrogens with zero attached hydrogens (tertiary/aromatic N) is 2. The lowest BCUT2D eigenvalue weighted by atomic mass is 9.96. The van der Waals surface area contributed by atoms with E-state index in [4.69, 9.17) is 38.1 Å². The van der Waals surface area contributed by atoms with Gasteiger partial charge in [-0.15, -0.1) is 0 Å². The van der Waals surface area contributed by atoms with E-state index in [0.717, 1.165) is 13.8 Å². The minimum atomic E-state index is -1.62. The van der Waals surface area contributed by atoms with Crippen LogP contribution in [0.25, 0.3) is 0 Å². The number of unbranched alkanes of at least 4 members (excludes halogenated alkanes) is 2. The standard InChI is InChI=1S/C29H49N4O12P/c1-18(2)33(19(3)4)46(41-16-12-14-30)45-32-25(38)13-10-9-11-15-39-29-26(31-20(5)34)28(43-23(8)37)27(42-22(7)36)24(44-29)17-40-21(6)35/h18-19,24,26-29H,9-13,15-17H2,1-8H3,(H,31,34)(H,32,38).